The van der Waals surface area contributed by atoms with Crippen molar-refractivity contribution in [2.75, 3.05) is 51.3 Å². The molecule has 210 valence electrons. The lowest BCUT2D eigenvalue weighted by Crippen LogP contribution is -2.54. The summed E-state index contributed by atoms with van der Waals surface area (Å²) in [4.78, 5) is 57.5. The Morgan fingerprint density at radius 3 is 2.35 bits per heavy atom. The normalized spacial score (nSPS) is 16.5. The number of piperazine rings is 1. The van der Waals surface area contributed by atoms with Gasteiger partial charge in [0.2, 0.25) is 5.91 Å². The summed E-state index contributed by atoms with van der Waals surface area (Å²) in [7, 11) is 1.50. The number of anilines is 1. The smallest absolute Gasteiger partial charge is 0.287 e. The number of likely N-dealkylation sites (tertiary alicyclic amines) is 1. The SMILES string of the molecule is COc1ccc2c(=O)cc(C(=O)NC(C)C(=O)N3CCN(c4ccccc4C(=O)N4CCCCC4)CC3)oc2c1. The van der Waals surface area contributed by atoms with E-state index in [0.717, 1.165) is 44.1 Å². The number of methoxy groups -OCH3 is 1. The summed E-state index contributed by atoms with van der Waals surface area (Å²) in [5.74, 6) is -0.495. The van der Waals surface area contributed by atoms with Crippen molar-refractivity contribution in [3.05, 3.63) is 70.1 Å². The fourth-order valence-corrected chi connectivity index (χ4v) is 5.34. The van der Waals surface area contributed by atoms with Crippen molar-refractivity contribution >= 4 is 34.4 Å². The molecule has 2 aromatic carbocycles. The van der Waals surface area contributed by atoms with Crippen LogP contribution in [0.25, 0.3) is 11.0 Å². The van der Waals surface area contributed by atoms with Gasteiger partial charge >= 0.3 is 0 Å². The van der Waals surface area contributed by atoms with E-state index in [0.29, 0.717) is 42.9 Å². The van der Waals surface area contributed by atoms with E-state index in [-0.39, 0.29) is 28.6 Å². The second kappa shape index (κ2) is 11.8. The molecule has 10 heteroatoms. The monoisotopic (exact) mass is 546 g/mol. The predicted octanol–water partition coefficient (Wildman–Crippen LogP) is 2.89. The molecule has 10 nitrogen and oxygen atoms in total. The van der Waals surface area contributed by atoms with Crippen molar-refractivity contribution in [1.29, 1.82) is 0 Å². The minimum absolute atomic E-state index is 0.0592. The van der Waals surface area contributed by atoms with Crippen molar-refractivity contribution in [1.82, 2.24) is 15.1 Å². The molecule has 1 aromatic heterocycles. The van der Waals surface area contributed by atoms with Crippen LogP contribution in [0.1, 0.15) is 47.1 Å². The number of hydrogen-bond donors (Lipinski definition) is 1. The van der Waals surface area contributed by atoms with Crippen LogP contribution in [0.2, 0.25) is 0 Å². The maximum Gasteiger partial charge on any atom is 0.287 e. The lowest BCUT2D eigenvalue weighted by molar-refractivity contribution is -0.133. The predicted molar refractivity (Wildman–Crippen MR) is 151 cm³/mol. The van der Waals surface area contributed by atoms with E-state index in [1.54, 1.807) is 30.0 Å². The number of fused-ring (bicyclic) bond motifs is 1. The number of carbonyl (C=O) groups excluding carboxylic acids is 3. The van der Waals surface area contributed by atoms with Gasteiger partial charge in [-0.15, -0.1) is 0 Å². The lowest BCUT2D eigenvalue weighted by atomic mass is 10.1. The summed E-state index contributed by atoms with van der Waals surface area (Å²) in [6.07, 6.45) is 3.22. The fourth-order valence-electron chi connectivity index (χ4n) is 5.34. The third-order valence-electron chi connectivity index (χ3n) is 7.59. The van der Waals surface area contributed by atoms with Gasteiger partial charge in [0, 0.05) is 57.1 Å². The molecule has 0 radical (unpaired) electrons. The van der Waals surface area contributed by atoms with Crippen LogP contribution in [0.3, 0.4) is 0 Å². The van der Waals surface area contributed by atoms with Gasteiger partial charge in [-0.3, -0.25) is 19.2 Å². The molecule has 1 N–H and O–H groups in total. The second-order valence-corrected chi connectivity index (χ2v) is 10.2. The summed E-state index contributed by atoms with van der Waals surface area (Å²) in [6, 6.07) is 12.7. The molecule has 3 amide bonds. The van der Waals surface area contributed by atoms with Gasteiger partial charge in [-0.25, -0.2) is 0 Å². The van der Waals surface area contributed by atoms with Gasteiger partial charge in [-0.05, 0) is 50.5 Å². The van der Waals surface area contributed by atoms with Gasteiger partial charge in [0.05, 0.1) is 18.1 Å². The summed E-state index contributed by atoms with van der Waals surface area (Å²) in [5, 5.41) is 2.99. The van der Waals surface area contributed by atoms with Crippen LogP contribution in [0.15, 0.2) is 57.7 Å². The molecular formula is C30H34N4O6. The summed E-state index contributed by atoms with van der Waals surface area (Å²) in [6.45, 7) is 5.23. The average molecular weight is 547 g/mol. The quantitative estimate of drug-likeness (QED) is 0.506. The topological polar surface area (TPSA) is 112 Å². The van der Waals surface area contributed by atoms with E-state index in [1.807, 2.05) is 29.2 Å². The molecule has 2 saturated heterocycles. The van der Waals surface area contributed by atoms with Gasteiger partial charge in [-0.2, -0.15) is 0 Å². The van der Waals surface area contributed by atoms with Gasteiger partial charge in [0.15, 0.2) is 11.2 Å². The lowest BCUT2D eigenvalue weighted by Gasteiger charge is -2.38. The summed E-state index contributed by atoms with van der Waals surface area (Å²) < 4.78 is 10.8. The van der Waals surface area contributed by atoms with E-state index >= 15 is 0 Å². The minimum atomic E-state index is -0.821. The summed E-state index contributed by atoms with van der Waals surface area (Å²) in [5.41, 5.74) is 1.45. The van der Waals surface area contributed by atoms with Gasteiger partial charge in [-0.1, -0.05) is 12.1 Å². The number of piperidine rings is 1. The Morgan fingerprint density at radius 1 is 0.900 bits per heavy atom. The van der Waals surface area contributed by atoms with Crippen molar-refractivity contribution < 1.29 is 23.5 Å². The molecule has 3 heterocycles. The Bertz CT molecular complexity index is 1470. The zero-order valence-corrected chi connectivity index (χ0v) is 22.9. The fraction of sp³-hybridized carbons (Fsp3) is 0.400. The number of ether oxygens (including phenoxy) is 1. The summed E-state index contributed by atoms with van der Waals surface area (Å²) >= 11 is 0. The maximum absolute atomic E-state index is 13.2. The van der Waals surface area contributed by atoms with Crippen LogP contribution in [-0.4, -0.2) is 79.9 Å². The van der Waals surface area contributed by atoms with Gasteiger partial charge in [0.1, 0.15) is 17.4 Å². The number of hydrogen-bond acceptors (Lipinski definition) is 7. The zero-order valence-electron chi connectivity index (χ0n) is 22.9. The minimum Gasteiger partial charge on any atom is -0.497 e. The van der Waals surface area contributed by atoms with Crippen LogP contribution in [0, 0.1) is 0 Å². The molecule has 1 atom stereocenters. The molecule has 2 fully saturated rings. The second-order valence-electron chi connectivity index (χ2n) is 10.2. The molecule has 0 aliphatic carbocycles. The molecule has 2 aliphatic rings. The number of amides is 3. The Balaban J connectivity index is 1.21. The van der Waals surface area contributed by atoms with E-state index in [4.69, 9.17) is 9.15 Å². The Labute approximate surface area is 232 Å². The Kier molecular flexibility index (Phi) is 8.04. The van der Waals surface area contributed by atoms with Gasteiger partial charge in [0.25, 0.3) is 11.8 Å². The van der Waals surface area contributed by atoms with Crippen LogP contribution >= 0.6 is 0 Å². The number of rotatable bonds is 6. The molecular weight excluding hydrogens is 512 g/mol. The molecule has 0 spiro atoms. The third-order valence-corrected chi connectivity index (χ3v) is 7.59. The van der Waals surface area contributed by atoms with Crippen molar-refractivity contribution in [2.24, 2.45) is 0 Å². The van der Waals surface area contributed by atoms with Crippen molar-refractivity contribution in [2.45, 2.75) is 32.2 Å². The highest BCUT2D eigenvalue weighted by atomic mass is 16.5. The standard InChI is InChI=1S/C30H34N4O6/c1-20(31-28(36)27-19-25(35)23-11-10-21(39-2)18-26(23)40-27)29(37)34-16-14-32(15-17-34)24-9-5-4-8-22(24)30(38)33-12-6-3-7-13-33/h4-5,8-11,18-20H,3,6-7,12-17H2,1-2H3,(H,31,36). The van der Waals surface area contributed by atoms with Gasteiger partial charge < -0.3 is 29.2 Å². The highest BCUT2D eigenvalue weighted by molar-refractivity contribution is 6.00. The first-order valence-corrected chi connectivity index (χ1v) is 13.7. The first-order valence-electron chi connectivity index (χ1n) is 13.7. The number of nitrogens with one attached hydrogen (secondary N) is 1. The van der Waals surface area contributed by atoms with Crippen LogP contribution in [0.5, 0.6) is 5.75 Å². The first-order chi connectivity index (χ1) is 19.4. The Hall–Kier alpha value is -4.34. The van der Waals surface area contributed by atoms with Crippen LogP contribution in [0.4, 0.5) is 5.69 Å². The average Bonchev–Trinajstić information content (AvgIpc) is 3.00. The molecule has 40 heavy (non-hydrogen) atoms. The molecule has 0 saturated carbocycles. The van der Waals surface area contributed by atoms with E-state index < -0.39 is 11.9 Å². The number of nitrogens with zero attached hydrogens (tertiary/aromatic N) is 3. The zero-order chi connectivity index (χ0) is 28.2. The largest absolute Gasteiger partial charge is 0.497 e. The van der Waals surface area contributed by atoms with E-state index in [2.05, 4.69) is 10.2 Å². The number of para-hydroxylation sites is 1. The molecule has 0 bridgehead atoms. The first kappa shape index (κ1) is 27.2. The molecule has 3 aromatic rings. The van der Waals surface area contributed by atoms with Crippen molar-refractivity contribution in [3.63, 3.8) is 0 Å². The Morgan fingerprint density at radius 2 is 1.62 bits per heavy atom. The van der Waals surface area contributed by atoms with E-state index in [1.165, 1.54) is 7.11 Å². The molecule has 1 unspecified atom stereocenters. The molecule has 2 aliphatic heterocycles. The highest BCUT2D eigenvalue weighted by Gasteiger charge is 2.29. The van der Waals surface area contributed by atoms with E-state index in [9.17, 15) is 19.2 Å². The number of carbonyl (C=O) groups is 3. The maximum atomic E-state index is 13.2. The van der Waals surface area contributed by atoms with Crippen molar-refractivity contribution in [3.8, 4) is 5.75 Å². The number of benzene rings is 2. The molecule has 5 rings (SSSR count). The third kappa shape index (κ3) is 5.66. The highest BCUT2D eigenvalue weighted by Crippen LogP contribution is 2.25. The van der Waals surface area contributed by atoms with Crippen LogP contribution in [-0.2, 0) is 4.79 Å². The van der Waals surface area contributed by atoms with Crippen LogP contribution < -0.4 is 20.4 Å².